The molecule has 2 saturated carbocycles. The summed E-state index contributed by atoms with van der Waals surface area (Å²) in [7, 11) is 0. The van der Waals surface area contributed by atoms with Gasteiger partial charge in [0.05, 0.1) is 0 Å². The maximum atomic E-state index is 3.71. The zero-order chi connectivity index (χ0) is 10.1. The van der Waals surface area contributed by atoms with Crippen molar-refractivity contribution in [1.29, 1.82) is 0 Å². The predicted octanol–water partition coefficient (Wildman–Crippen LogP) is 2.96. The number of benzene rings is 1. The minimum atomic E-state index is 0.840. The van der Waals surface area contributed by atoms with E-state index in [4.69, 9.17) is 0 Å². The lowest BCUT2D eigenvalue weighted by Gasteiger charge is -2.04. The van der Waals surface area contributed by atoms with Crippen molar-refractivity contribution in [2.24, 2.45) is 11.8 Å². The molecular weight excluding hydrogens is 182 g/mol. The quantitative estimate of drug-likeness (QED) is 0.792. The van der Waals surface area contributed by atoms with Gasteiger partial charge in [-0.25, -0.2) is 0 Å². The number of fused-ring (bicyclic) bond motifs is 1. The van der Waals surface area contributed by atoms with Crippen LogP contribution in [-0.2, 0) is 6.54 Å². The van der Waals surface area contributed by atoms with Gasteiger partial charge in [-0.3, -0.25) is 0 Å². The highest BCUT2D eigenvalue weighted by molar-refractivity contribution is 5.15. The molecule has 0 radical (unpaired) electrons. The van der Waals surface area contributed by atoms with Gasteiger partial charge in [0, 0.05) is 12.6 Å². The third-order valence-electron chi connectivity index (χ3n) is 4.04. The molecular formula is C14H19N. The molecule has 3 rings (SSSR count). The molecule has 0 amide bonds. The maximum absolute atomic E-state index is 3.71. The summed E-state index contributed by atoms with van der Waals surface area (Å²) in [4.78, 5) is 0. The summed E-state index contributed by atoms with van der Waals surface area (Å²) in [6.45, 7) is 1.05. The summed E-state index contributed by atoms with van der Waals surface area (Å²) >= 11 is 0. The molecule has 1 unspecified atom stereocenters. The molecule has 0 heterocycles. The van der Waals surface area contributed by atoms with Gasteiger partial charge in [-0.05, 0) is 30.2 Å². The SMILES string of the molecule is c1ccc(CNC2[C@H]3CCCC[C@@H]23)cc1. The normalized spacial score (nSPS) is 33.5. The van der Waals surface area contributed by atoms with E-state index in [0.717, 1.165) is 24.4 Å². The van der Waals surface area contributed by atoms with Gasteiger partial charge in [-0.2, -0.15) is 0 Å². The predicted molar refractivity (Wildman–Crippen MR) is 62.5 cm³/mol. The Balaban J connectivity index is 1.51. The average Bonchev–Trinajstić information content (AvgIpc) is 3.01. The van der Waals surface area contributed by atoms with Crippen molar-refractivity contribution in [1.82, 2.24) is 5.32 Å². The van der Waals surface area contributed by atoms with Gasteiger partial charge in [0.15, 0.2) is 0 Å². The number of hydrogen-bond acceptors (Lipinski definition) is 1. The molecule has 0 saturated heterocycles. The molecule has 3 atom stereocenters. The van der Waals surface area contributed by atoms with Crippen LogP contribution in [-0.4, -0.2) is 6.04 Å². The van der Waals surface area contributed by atoms with Crippen LogP contribution in [0.1, 0.15) is 31.2 Å². The monoisotopic (exact) mass is 201 g/mol. The molecule has 1 N–H and O–H groups in total. The Morgan fingerprint density at radius 2 is 1.67 bits per heavy atom. The highest BCUT2D eigenvalue weighted by Crippen LogP contribution is 2.49. The molecule has 0 aliphatic heterocycles. The Hall–Kier alpha value is -0.820. The molecule has 2 aliphatic carbocycles. The summed E-state index contributed by atoms with van der Waals surface area (Å²) in [5, 5.41) is 3.71. The maximum Gasteiger partial charge on any atom is 0.0208 e. The summed E-state index contributed by atoms with van der Waals surface area (Å²) in [6, 6.07) is 11.6. The molecule has 1 nitrogen and oxygen atoms in total. The molecule has 2 aliphatic rings. The van der Waals surface area contributed by atoms with E-state index in [2.05, 4.69) is 35.6 Å². The van der Waals surface area contributed by atoms with Crippen LogP contribution in [0.25, 0.3) is 0 Å². The van der Waals surface area contributed by atoms with Crippen molar-refractivity contribution in [3.63, 3.8) is 0 Å². The van der Waals surface area contributed by atoms with Crippen molar-refractivity contribution in [2.45, 2.75) is 38.3 Å². The molecule has 0 bridgehead atoms. The zero-order valence-electron chi connectivity index (χ0n) is 9.15. The van der Waals surface area contributed by atoms with Gasteiger partial charge >= 0.3 is 0 Å². The topological polar surface area (TPSA) is 12.0 Å². The van der Waals surface area contributed by atoms with Crippen LogP contribution in [0.15, 0.2) is 30.3 Å². The second-order valence-corrected chi connectivity index (χ2v) is 5.00. The van der Waals surface area contributed by atoms with Crippen LogP contribution in [0.3, 0.4) is 0 Å². The van der Waals surface area contributed by atoms with Gasteiger partial charge in [0.2, 0.25) is 0 Å². The molecule has 15 heavy (non-hydrogen) atoms. The first-order chi connectivity index (χ1) is 7.45. The second kappa shape index (κ2) is 3.97. The van der Waals surface area contributed by atoms with E-state index in [9.17, 15) is 0 Å². The third-order valence-corrected chi connectivity index (χ3v) is 4.04. The van der Waals surface area contributed by atoms with Gasteiger partial charge < -0.3 is 5.32 Å². The van der Waals surface area contributed by atoms with E-state index in [1.54, 1.807) is 0 Å². The van der Waals surface area contributed by atoms with Crippen molar-refractivity contribution in [3.05, 3.63) is 35.9 Å². The minimum absolute atomic E-state index is 0.840. The van der Waals surface area contributed by atoms with Gasteiger partial charge in [0.25, 0.3) is 0 Å². The summed E-state index contributed by atoms with van der Waals surface area (Å²) < 4.78 is 0. The van der Waals surface area contributed by atoms with E-state index in [0.29, 0.717) is 0 Å². The fraction of sp³-hybridized carbons (Fsp3) is 0.571. The molecule has 1 aromatic rings. The standard InChI is InChI=1S/C14H19N/c1-2-6-11(7-3-1)10-15-14-12-8-4-5-9-13(12)14/h1-3,6-7,12-15H,4-5,8-10H2/t12-,13+,14?. The van der Waals surface area contributed by atoms with Gasteiger partial charge in [0.1, 0.15) is 0 Å². The van der Waals surface area contributed by atoms with Crippen molar-refractivity contribution < 1.29 is 0 Å². The molecule has 1 aromatic carbocycles. The first kappa shape index (κ1) is 9.41. The largest absolute Gasteiger partial charge is 0.309 e. The molecule has 0 aromatic heterocycles. The smallest absolute Gasteiger partial charge is 0.0208 e. The molecule has 80 valence electrons. The van der Waals surface area contributed by atoms with Crippen LogP contribution in [0.2, 0.25) is 0 Å². The lowest BCUT2D eigenvalue weighted by Crippen LogP contribution is -2.18. The van der Waals surface area contributed by atoms with Crippen molar-refractivity contribution in [3.8, 4) is 0 Å². The lowest BCUT2D eigenvalue weighted by molar-refractivity contribution is 0.480. The van der Waals surface area contributed by atoms with Crippen LogP contribution >= 0.6 is 0 Å². The minimum Gasteiger partial charge on any atom is -0.309 e. The Labute approximate surface area is 91.9 Å². The average molecular weight is 201 g/mol. The molecule has 0 spiro atoms. The van der Waals surface area contributed by atoms with E-state index in [1.165, 1.54) is 31.2 Å². The number of rotatable bonds is 3. The van der Waals surface area contributed by atoms with Crippen LogP contribution < -0.4 is 5.32 Å². The van der Waals surface area contributed by atoms with E-state index >= 15 is 0 Å². The fourth-order valence-electron chi connectivity index (χ4n) is 3.13. The van der Waals surface area contributed by atoms with Gasteiger partial charge in [-0.1, -0.05) is 43.2 Å². The van der Waals surface area contributed by atoms with Crippen LogP contribution in [0, 0.1) is 11.8 Å². The Morgan fingerprint density at radius 1 is 1.00 bits per heavy atom. The molecule has 2 fully saturated rings. The lowest BCUT2D eigenvalue weighted by atomic mass is 10.0. The van der Waals surface area contributed by atoms with Crippen molar-refractivity contribution >= 4 is 0 Å². The first-order valence-corrected chi connectivity index (χ1v) is 6.22. The first-order valence-electron chi connectivity index (χ1n) is 6.22. The summed E-state index contributed by atoms with van der Waals surface area (Å²) in [5.41, 5.74) is 1.42. The highest BCUT2D eigenvalue weighted by Gasteiger charge is 2.49. The summed E-state index contributed by atoms with van der Waals surface area (Å²) in [6.07, 6.45) is 5.86. The fourth-order valence-corrected chi connectivity index (χ4v) is 3.13. The van der Waals surface area contributed by atoms with E-state index in [1.807, 2.05) is 0 Å². The third kappa shape index (κ3) is 1.93. The van der Waals surface area contributed by atoms with Gasteiger partial charge in [-0.15, -0.1) is 0 Å². The number of hydrogen-bond donors (Lipinski definition) is 1. The highest BCUT2D eigenvalue weighted by atomic mass is 15.0. The Bertz CT molecular complexity index is 307. The molecule has 1 heteroatoms. The second-order valence-electron chi connectivity index (χ2n) is 5.00. The van der Waals surface area contributed by atoms with Crippen LogP contribution in [0.4, 0.5) is 0 Å². The number of nitrogens with one attached hydrogen (secondary N) is 1. The zero-order valence-corrected chi connectivity index (χ0v) is 9.15. The Morgan fingerprint density at radius 3 is 2.33 bits per heavy atom. The summed E-state index contributed by atoms with van der Waals surface area (Å²) in [5.74, 6) is 2.03. The van der Waals surface area contributed by atoms with Crippen LogP contribution in [0.5, 0.6) is 0 Å². The van der Waals surface area contributed by atoms with E-state index in [-0.39, 0.29) is 0 Å². The van der Waals surface area contributed by atoms with E-state index < -0.39 is 0 Å². The van der Waals surface area contributed by atoms with Crippen molar-refractivity contribution in [2.75, 3.05) is 0 Å². The Kier molecular flexibility index (Phi) is 2.49.